The largest absolute Gasteiger partial charge is 0.459 e. The molecule has 1 atom stereocenters. The monoisotopic (exact) mass is 436 g/mol. The minimum Gasteiger partial charge on any atom is -0.459 e. The zero-order chi connectivity index (χ0) is 22.3. The van der Waals surface area contributed by atoms with E-state index in [1.54, 1.807) is 24.3 Å². The Morgan fingerprint density at radius 1 is 0.969 bits per heavy atom. The van der Waals surface area contributed by atoms with Gasteiger partial charge in [-0.2, -0.15) is 0 Å². The van der Waals surface area contributed by atoms with Gasteiger partial charge in [-0.3, -0.25) is 9.59 Å². The number of benzene rings is 2. The standard InChI is InChI=1S/C23H20N2O7/c26-21(24-16-8-9-18-20(12-16)32-14-31-18)13-30-23(28)17(11-15-5-2-1-3-6-15)25-22(27)19-7-4-10-29-19/h1-10,12,17H,11,13-14H2,(H,24,26)(H,25,27)/t17-/m1/s1. The predicted molar refractivity (Wildman–Crippen MR) is 112 cm³/mol. The second kappa shape index (κ2) is 9.69. The first-order chi connectivity index (χ1) is 15.6. The summed E-state index contributed by atoms with van der Waals surface area (Å²) in [4.78, 5) is 37.3. The lowest BCUT2D eigenvalue weighted by Crippen LogP contribution is -2.44. The van der Waals surface area contributed by atoms with Crippen LogP contribution in [0, 0.1) is 0 Å². The summed E-state index contributed by atoms with van der Waals surface area (Å²) in [5.41, 5.74) is 1.29. The van der Waals surface area contributed by atoms with Crippen molar-refractivity contribution in [2.24, 2.45) is 0 Å². The highest BCUT2D eigenvalue weighted by Gasteiger charge is 2.25. The number of furan rings is 1. The number of rotatable bonds is 8. The number of amides is 2. The molecule has 32 heavy (non-hydrogen) atoms. The van der Waals surface area contributed by atoms with Crippen molar-refractivity contribution in [1.82, 2.24) is 5.32 Å². The first-order valence-electron chi connectivity index (χ1n) is 9.83. The third kappa shape index (κ3) is 5.25. The Bertz CT molecular complexity index is 1100. The van der Waals surface area contributed by atoms with E-state index in [4.69, 9.17) is 18.6 Å². The first-order valence-corrected chi connectivity index (χ1v) is 9.83. The lowest BCUT2D eigenvalue weighted by atomic mass is 10.1. The van der Waals surface area contributed by atoms with Crippen LogP contribution in [0.15, 0.2) is 71.3 Å². The van der Waals surface area contributed by atoms with Crippen LogP contribution in [0.3, 0.4) is 0 Å². The maximum Gasteiger partial charge on any atom is 0.329 e. The van der Waals surface area contributed by atoms with E-state index in [0.717, 1.165) is 5.56 Å². The minimum atomic E-state index is -1.01. The molecule has 9 heteroatoms. The van der Waals surface area contributed by atoms with Crippen LogP contribution >= 0.6 is 0 Å². The molecule has 4 rings (SSSR count). The molecule has 0 bridgehead atoms. The van der Waals surface area contributed by atoms with Gasteiger partial charge in [-0.25, -0.2) is 4.79 Å². The van der Waals surface area contributed by atoms with Crippen molar-refractivity contribution >= 4 is 23.5 Å². The number of ether oxygens (including phenoxy) is 3. The SMILES string of the molecule is O=C(COC(=O)[C@@H](Cc1ccccc1)NC(=O)c1ccco1)Nc1ccc2c(c1)OCO2. The summed E-state index contributed by atoms with van der Waals surface area (Å²) in [6.07, 6.45) is 1.55. The molecular formula is C23H20N2O7. The molecule has 2 amide bonds. The summed E-state index contributed by atoms with van der Waals surface area (Å²) in [6.45, 7) is -0.397. The number of fused-ring (bicyclic) bond motifs is 1. The summed E-state index contributed by atoms with van der Waals surface area (Å²) in [7, 11) is 0. The van der Waals surface area contributed by atoms with Crippen molar-refractivity contribution in [3.8, 4) is 11.5 Å². The molecule has 0 spiro atoms. The number of esters is 1. The van der Waals surface area contributed by atoms with Crippen molar-refractivity contribution < 1.29 is 33.0 Å². The Morgan fingerprint density at radius 3 is 2.56 bits per heavy atom. The van der Waals surface area contributed by atoms with Gasteiger partial charge in [0.2, 0.25) is 6.79 Å². The molecule has 0 fully saturated rings. The fourth-order valence-electron chi connectivity index (χ4n) is 3.09. The summed E-state index contributed by atoms with van der Waals surface area (Å²) in [5, 5.41) is 5.22. The van der Waals surface area contributed by atoms with Gasteiger partial charge >= 0.3 is 5.97 Å². The zero-order valence-corrected chi connectivity index (χ0v) is 16.9. The number of anilines is 1. The van der Waals surface area contributed by atoms with Crippen molar-refractivity contribution in [3.05, 3.63) is 78.3 Å². The molecule has 164 valence electrons. The van der Waals surface area contributed by atoms with Gasteiger partial charge in [-0.05, 0) is 29.8 Å². The van der Waals surface area contributed by atoms with E-state index >= 15 is 0 Å². The molecule has 0 aliphatic carbocycles. The molecule has 0 saturated carbocycles. The first kappa shape index (κ1) is 21.0. The number of nitrogens with one attached hydrogen (secondary N) is 2. The molecule has 2 heterocycles. The average molecular weight is 436 g/mol. The highest BCUT2D eigenvalue weighted by atomic mass is 16.7. The molecule has 1 aliphatic heterocycles. The molecule has 9 nitrogen and oxygen atoms in total. The van der Waals surface area contributed by atoms with Gasteiger partial charge in [-0.1, -0.05) is 30.3 Å². The van der Waals surface area contributed by atoms with Crippen molar-refractivity contribution in [2.75, 3.05) is 18.7 Å². The molecule has 2 N–H and O–H groups in total. The van der Waals surface area contributed by atoms with Crippen LogP contribution in [0.4, 0.5) is 5.69 Å². The van der Waals surface area contributed by atoms with Crippen LogP contribution in [0.25, 0.3) is 0 Å². The van der Waals surface area contributed by atoms with Crippen LogP contribution in [-0.2, 0) is 20.7 Å². The van der Waals surface area contributed by atoms with Crippen LogP contribution in [0.2, 0.25) is 0 Å². The third-order valence-corrected chi connectivity index (χ3v) is 4.62. The lowest BCUT2D eigenvalue weighted by Gasteiger charge is -2.17. The van der Waals surface area contributed by atoms with E-state index in [2.05, 4.69) is 10.6 Å². The molecule has 0 radical (unpaired) electrons. The molecule has 1 aromatic heterocycles. The fourth-order valence-corrected chi connectivity index (χ4v) is 3.09. The Hall–Kier alpha value is -4.27. The number of carbonyl (C=O) groups excluding carboxylic acids is 3. The Kier molecular flexibility index (Phi) is 6.35. The Labute approximate surface area is 183 Å². The predicted octanol–water partition coefficient (Wildman–Crippen LogP) is 2.53. The molecule has 0 unspecified atom stereocenters. The second-order valence-corrected chi connectivity index (χ2v) is 6.92. The summed E-state index contributed by atoms with van der Waals surface area (Å²) in [6, 6.07) is 16.1. The number of hydrogen-bond donors (Lipinski definition) is 2. The number of hydrogen-bond acceptors (Lipinski definition) is 7. The fraction of sp³-hybridized carbons (Fsp3) is 0.174. The summed E-state index contributed by atoms with van der Waals surface area (Å²) >= 11 is 0. The van der Waals surface area contributed by atoms with Gasteiger partial charge in [0.1, 0.15) is 6.04 Å². The molecule has 3 aromatic rings. The maximum atomic E-state index is 12.7. The topological polar surface area (TPSA) is 116 Å². The smallest absolute Gasteiger partial charge is 0.329 e. The van der Waals surface area contributed by atoms with Crippen LogP contribution in [0.5, 0.6) is 11.5 Å². The van der Waals surface area contributed by atoms with E-state index in [-0.39, 0.29) is 19.0 Å². The van der Waals surface area contributed by atoms with E-state index in [1.807, 2.05) is 30.3 Å². The minimum absolute atomic E-state index is 0.0661. The Morgan fingerprint density at radius 2 is 1.78 bits per heavy atom. The van der Waals surface area contributed by atoms with Crippen molar-refractivity contribution in [1.29, 1.82) is 0 Å². The van der Waals surface area contributed by atoms with Crippen LogP contribution < -0.4 is 20.1 Å². The van der Waals surface area contributed by atoms with E-state index in [9.17, 15) is 14.4 Å². The Balaban J connectivity index is 1.36. The van der Waals surface area contributed by atoms with Gasteiger partial charge in [0.15, 0.2) is 23.9 Å². The lowest BCUT2D eigenvalue weighted by molar-refractivity contribution is -0.149. The van der Waals surface area contributed by atoms with Crippen molar-refractivity contribution in [3.63, 3.8) is 0 Å². The molecular weight excluding hydrogens is 416 g/mol. The van der Waals surface area contributed by atoms with E-state index < -0.39 is 30.4 Å². The highest BCUT2D eigenvalue weighted by molar-refractivity contribution is 5.96. The van der Waals surface area contributed by atoms with Gasteiger partial charge in [0, 0.05) is 18.2 Å². The van der Waals surface area contributed by atoms with E-state index in [0.29, 0.717) is 17.2 Å². The average Bonchev–Trinajstić information content (AvgIpc) is 3.49. The van der Waals surface area contributed by atoms with Gasteiger partial charge < -0.3 is 29.3 Å². The third-order valence-electron chi connectivity index (χ3n) is 4.62. The van der Waals surface area contributed by atoms with Crippen molar-refractivity contribution in [2.45, 2.75) is 12.5 Å². The quantitative estimate of drug-likeness (QED) is 0.521. The zero-order valence-electron chi connectivity index (χ0n) is 16.9. The van der Waals surface area contributed by atoms with Gasteiger partial charge in [0.25, 0.3) is 11.8 Å². The van der Waals surface area contributed by atoms with Gasteiger partial charge in [0.05, 0.1) is 6.26 Å². The molecule has 2 aromatic carbocycles. The molecule has 0 saturated heterocycles. The van der Waals surface area contributed by atoms with Gasteiger partial charge in [-0.15, -0.1) is 0 Å². The maximum absolute atomic E-state index is 12.7. The van der Waals surface area contributed by atoms with E-state index in [1.165, 1.54) is 12.3 Å². The molecule has 1 aliphatic rings. The second-order valence-electron chi connectivity index (χ2n) is 6.92. The normalized spacial score (nSPS) is 12.6. The highest BCUT2D eigenvalue weighted by Crippen LogP contribution is 2.34. The van der Waals surface area contributed by atoms with Crippen LogP contribution in [0.1, 0.15) is 16.1 Å². The summed E-state index contributed by atoms with van der Waals surface area (Å²) in [5.74, 6) is -0.662. The summed E-state index contributed by atoms with van der Waals surface area (Å²) < 4.78 is 20.7. The van der Waals surface area contributed by atoms with Crippen LogP contribution in [-0.4, -0.2) is 37.2 Å². The number of carbonyl (C=O) groups is 3.